The second-order valence-electron chi connectivity index (χ2n) is 6.93. The van der Waals surface area contributed by atoms with Crippen LogP contribution in [-0.2, 0) is 13.0 Å². The minimum Gasteiger partial charge on any atom is -0.491 e. The molecule has 0 saturated carbocycles. The maximum Gasteiger partial charge on any atom is 0.191 e. The van der Waals surface area contributed by atoms with Crippen molar-refractivity contribution in [3.05, 3.63) is 59.5 Å². The van der Waals surface area contributed by atoms with E-state index in [9.17, 15) is 0 Å². The summed E-state index contributed by atoms with van der Waals surface area (Å²) in [4.78, 5) is 4.30. The third-order valence-corrected chi connectivity index (χ3v) is 4.28. The van der Waals surface area contributed by atoms with Gasteiger partial charge in [-0.1, -0.05) is 18.2 Å². The molecule has 0 fully saturated rings. The van der Waals surface area contributed by atoms with Gasteiger partial charge in [-0.15, -0.1) is 10.2 Å². The van der Waals surface area contributed by atoms with Gasteiger partial charge in [0.05, 0.1) is 6.10 Å². The molecule has 0 spiro atoms. The van der Waals surface area contributed by atoms with Crippen LogP contribution in [0.1, 0.15) is 30.8 Å². The number of aromatic nitrogens is 3. The van der Waals surface area contributed by atoms with Gasteiger partial charge in [-0.05, 0) is 44.5 Å². The van der Waals surface area contributed by atoms with Gasteiger partial charge in [0, 0.05) is 38.3 Å². The molecule has 2 heterocycles. The predicted octanol–water partition coefficient (Wildman–Crippen LogP) is 2.73. The summed E-state index contributed by atoms with van der Waals surface area (Å²) in [5.41, 5.74) is 3.14. The molecule has 1 aromatic carbocycles. The zero-order chi connectivity index (χ0) is 19.9. The Morgan fingerprint density at radius 3 is 2.82 bits per heavy atom. The Labute approximate surface area is 165 Å². The summed E-state index contributed by atoms with van der Waals surface area (Å²) in [6.45, 7) is 7.48. The molecule has 7 heteroatoms. The standard InChI is InChI=1S/C21H28N6O/c1-15(2)28-18-13-16(3)8-9-17(18)14-24-21(22-4)23-11-10-20-26-25-19-7-5-6-12-27(19)20/h5-9,12-13,15H,10-11,14H2,1-4H3,(H2,22,23,24). The molecular weight excluding hydrogens is 352 g/mol. The van der Waals surface area contributed by atoms with Gasteiger partial charge in [0.2, 0.25) is 0 Å². The first-order valence-electron chi connectivity index (χ1n) is 9.56. The molecule has 0 aliphatic heterocycles. The highest BCUT2D eigenvalue weighted by atomic mass is 16.5. The van der Waals surface area contributed by atoms with Crippen molar-refractivity contribution in [2.45, 2.75) is 39.8 Å². The Kier molecular flexibility index (Phi) is 6.47. The van der Waals surface area contributed by atoms with Crippen molar-refractivity contribution in [1.82, 2.24) is 25.2 Å². The molecule has 0 aliphatic rings. The fourth-order valence-electron chi connectivity index (χ4n) is 2.93. The molecule has 2 N–H and O–H groups in total. The number of ether oxygens (including phenoxy) is 1. The summed E-state index contributed by atoms with van der Waals surface area (Å²) < 4.78 is 7.94. The van der Waals surface area contributed by atoms with E-state index in [1.165, 1.54) is 5.56 Å². The van der Waals surface area contributed by atoms with Gasteiger partial charge in [0.25, 0.3) is 0 Å². The number of guanidine groups is 1. The number of rotatable bonds is 7. The van der Waals surface area contributed by atoms with Crippen LogP contribution in [0.4, 0.5) is 0 Å². The molecule has 3 aromatic rings. The smallest absolute Gasteiger partial charge is 0.191 e. The topological polar surface area (TPSA) is 75.8 Å². The normalized spacial score (nSPS) is 11.8. The maximum absolute atomic E-state index is 5.94. The van der Waals surface area contributed by atoms with Crippen LogP contribution < -0.4 is 15.4 Å². The highest BCUT2D eigenvalue weighted by molar-refractivity contribution is 5.79. The van der Waals surface area contributed by atoms with Crippen LogP contribution >= 0.6 is 0 Å². The Hall–Kier alpha value is -3.09. The van der Waals surface area contributed by atoms with Gasteiger partial charge in [0.15, 0.2) is 11.6 Å². The summed E-state index contributed by atoms with van der Waals surface area (Å²) in [5, 5.41) is 15.1. The van der Waals surface area contributed by atoms with Gasteiger partial charge in [-0.25, -0.2) is 0 Å². The number of nitrogens with zero attached hydrogens (tertiary/aromatic N) is 4. The maximum atomic E-state index is 5.94. The number of aliphatic imine (C=N–C) groups is 1. The number of benzene rings is 1. The summed E-state index contributed by atoms with van der Waals surface area (Å²) >= 11 is 0. The summed E-state index contributed by atoms with van der Waals surface area (Å²) in [5.74, 6) is 2.57. The molecule has 0 radical (unpaired) electrons. The largest absolute Gasteiger partial charge is 0.491 e. The molecular formula is C21H28N6O. The van der Waals surface area contributed by atoms with Crippen molar-refractivity contribution in [1.29, 1.82) is 0 Å². The fourth-order valence-corrected chi connectivity index (χ4v) is 2.93. The molecule has 3 rings (SSSR count). The number of fused-ring (bicyclic) bond motifs is 1. The Morgan fingerprint density at radius 1 is 1.18 bits per heavy atom. The molecule has 0 aliphatic carbocycles. The first kappa shape index (κ1) is 19.7. The van der Waals surface area contributed by atoms with Crippen molar-refractivity contribution in [3.63, 3.8) is 0 Å². The second-order valence-corrected chi connectivity index (χ2v) is 6.93. The van der Waals surface area contributed by atoms with Crippen molar-refractivity contribution in [2.24, 2.45) is 4.99 Å². The highest BCUT2D eigenvalue weighted by Gasteiger charge is 2.08. The van der Waals surface area contributed by atoms with Crippen LogP contribution in [0.15, 0.2) is 47.6 Å². The second kappa shape index (κ2) is 9.21. The Bertz CT molecular complexity index is 947. The highest BCUT2D eigenvalue weighted by Crippen LogP contribution is 2.21. The molecule has 0 amide bonds. The summed E-state index contributed by atoms with van der Waals surface area (Å²) in [6, 6.07) is 12.1. The monoisotopic (exact) mass is 380 g/mol. The first-order valence-corrected chi connectivity index (χ1v) is 9.56. The first-order chi connectivity index (χ1) is 13.6. The molecule has 28 heavy (non-hydrogen) atoms. The third-order valence-electron chi connectivity index (χ3n) is 4.28. The minimum absolute atomic E-state index is 0.135. The van der Waals surface area contributed by atoms with Crippen molar-refractivity contribution < 1.29 is 4.74 Å². The van der Waals surface area contributed by atoms with Crippen LogP contribution in [0.3, 0.4) is 0 Å². The fraction of sp³-hybridized carbons (Fsp3) is 0.381. The lowest BCUT2D eigenvalue weighted by atomic mass is 10.1. The van der Waals surface area contributed by atoms with E-state index in [0.717, 1.165) is 35.2 Å². The number of aryl methyl sites for hydroxylation is 1. The summed E-state index contributed by atoms with van der Waals surface area (Å²) in [7, 11) is 1.77. The van der Waals surface area contributed by atoms with Crippen molar-refractivity contribution in [3.8, 4) is 5.75 Å². The van der Waals surface area contributed by atoms with Gasteiger partial charge in [-0.2, -0.15) is 0 Å². The molecule has 7 nitrogen and oxygen atoms in total. The van der Waals surface area contributed by atoms with Crippen molar-refractivity contribution in [2.75, 3.05) is 13.6 Å². The SMILES string of the molecule is CN=C(NCCc1nnc2ccccn12)NCc1ccc(C)cc1OC(C)C. The third kappa shape index (κ3) is 5.00. The van der Waals surface area contributed by atoms with E-state index in [1.54, 1.807) is 7.05 Å². The van der Waals surface area contributed by atoms with Crippen LogP contribution in [0.25, 0.3) is 5.65 Å². The number of hydrogen-bond acceptors (Lipinski definition) is 4. The molecule has 148 valence electrons. The predicted molar refractivity (Wildman–Crippen MR) is 112 cm³/mol. The lowest BCUT2D eigenvalue weighted by molar-refractivity contribution is 0.239. The Morgan fingerprint density at radius 2 is 2.04 bits per heavy atom. The molecule has 0 saturated heterocycles. The summed E-state index contributed by atoms with van der Waals surface area (Å²) in [6.07, 6.45) is 2.86. The van der Waals surface area contributed by atoms with E-state index >= 15 is 0 Å². The number of nitrogens with one attached hydrogen (secondary N) is 2. The van der Waals surface area contributed by atoms with E-state index in [4.69, 9.17) is 4.74 Å². The average Bonchev–Trinajstić information content (AvgIpc) is 3.08. The van der Waals surface area contributed by atoms with E-state index in [1.807, 2.05) is 42.6 Å². The minimum atomic E-state index is 0.135. The van der Waals surface area contributed by atoms with E-state index in [2.05, 4.69) is 50.9 Å². The zero-order valence-electron chi connectivity index (χ0n) is 16.9. The van der Waals surface area contributed by atoms with Crippen LogP contribution in [-0.4, -0.2) is 40.3 Å². The average molecular weight is 380 g/mol. The van der Waals surface area contributed by atoms with Crippen LogP contribution in [0.5, 0.6) is 5.75 Å². The molecule has 0 unspecified atom stereocenters. The Balaban J connectivity index is 1.55. The number of hydrogen-bond donors (Lipinski definition) is 2. The van der Waals surface area contributed by atoms with Crippen molar-refractivity contribution >= 4 is 11.6 Å². The zero-order valence-corrected chi connectivity index (χ0v) is 16.9. The van der Waals surface area contributed by atoms with E-state index in [0.29, 0.717) is 13.1 Å². The van der Waals surface area contributed by atoms with Crippen LogP contribution in [0.2, 0.25) is 0 Å². The van der Waals surface area contributed by atoms with E-state index in [-0.39, 0.29) is 6.10 Å². The molecule has 0 atom stereocenters. The molecule has 0 bridgehead atoms. The van der Waals surface area contributed by atoms with E-state index < -0.39 is 0 Å². The van der Waals surface area contributed by atoms with Gasteiger partial charge in [0.1, 0.15) is 11.6 Å². The quantitative estimate of drug-likeness (QED) is 0.487. The lowest BCUT2D eigenvalue weighted by Gasteiger charge is -2.17. The number of pyridine rings is 1. The van der Waals surface area contributed by atoms with Gasteiger partial charge in [-0.3, -0.25) is 9.39 Å². The lowest BCUT2D eigenvalue weighted by Crippen LogP contribution is -2.38. The van der Waals surface area contributed by atoms with Gasteiger partial charge >= 0.3 is 0 Å². The van der Waals surface area contributed by atoms with Gasteiger partial charge < -0.3 is 15.4 Å². The molecule has 2 aromatic heterocycles. The van der Waals surface area contributed by atoms with Crippen LogP contribution in [0, 0.1) is 6.92 Å².